The normalized spacial score (nSPS) is 10.1. The molecule has 0 saturated carbocycles. The fourth-order valence-corrected chi connectivity index (χ4v) is 1.87. The summed E-state index contributed by atoms with van der Waals surface area (Å²) >= 11 is 3.38. The van der Waals surface area contributed by atoms with Crippen molar-refractivity contribution in [3.8, 4) is 0 Å². The summed E-state index contributed by atoms with van der Waals surface area (Å²) in [5.41, 5.74) is 0.744. The van der Waals surface area contributed by atoms with Crippen LogP contribution < -0.4 is 5.32 Å². The average molecular weight is 309 g/mol. The van der Waals surface area contributed by atoms with Crippen molar-refractivity contribution < 1.29 is 9.21 Å². The first-order valence-corrected chi connectivity index (χ1v) is 6.25. The molecule has 1 aromatic heterocycles. The van der Waals surface area contributed by atoms with Crippen LogP contribution in [0.4, 0.5) is 10.5 Å². The lowest BCUT2D eigenvalue weighted by molar-refractivity contribution is 0.217. The van der Waals surface area contributed by atoms with E-state index in [0.717, 1.165) is 15.9 Å². The molecule has 5 heteroatoms. The van der Waals surface area contributed by atoms with Crippen molar-refractivity contribution in [2.24, 2.45) is 0 Å². The number of carbonyl (C=O) groups excluding carboxylic acids is 1. The van der Waals surface area contributed by atoms with Crippen LogP contribution in [0.25, 0.3) is 0 Å². The van der Waals surface area contributed by atoms with E-state index in [0.29, 0.717) is 6.54 Å². The molecule has 0 aliphatic rings. The van der Waals surface area contributed by atoms with Gasteiger partial charge >= 0.3 is 6.03 Å². The van der Waals surface area contributed by atoms with Gasteiger partial charge < -0.3 is 14.6 Å². The predicted octanol–water partition coefficient (Wildman–Crippen LogP) is 3.71. The van der Waals surface area contributed by atoms with E-state index in [1.54, 1.807) is 24.3 Å². The van der Waals surface area contributed by atoms with Gasteiger partial charge in [0.2, 0.25) is 0 Å². The number of furan rings is 1. The van der Waals surface area contributed by atoms with E-state index < -0.39 is 0 Å². The number of anilines is 1. The Labute approximate surface area is 114 Å². The molecule has 0 aliphatic heterocycles. The lowest BCUT2D eigenvalue weighted by atomic mass is 10.3. The highest BCUT2D eigenvalue weighted by Gasteiger charge is 2.11. The molecule has 0 radical (unpaired) electrons. The molecule has 2 rings (SSSR count). The van der Waals surface area contributed by atoms with Crippen LogP contribution in [-0.2, 0) is 6.54 Å². The number of carbonyl (C=O) groups is 1. The minimum atomic E-state index is -0.182. The summed E-state index contributed by atoms with van der Waals surface area (Å²) in [6, 6.07) is 10.9. The SMILES string of the molecule is CN(Cc1ccco1)C(=O)Nc1ccccc1Br. The Kier molecular flexibility index (Phi) is 4.04. The van der Waals surface area contributed by atoms with Gasteiger partial charge in [-0.15, -0.1) is 0 Å². The maximum Gasteiger partial charge on any atom is 0.322 e. The fourth-order valence-electron chi connectivity index (χ4n) is 1.48. The van der Waals surface area contributed by atoms with Crippen molar-refractivity contribution in [2.75, 3.05) is 12.4 Å². The van der Waals surface area contributed by atoms with Gasteiger partial charge in [0.15, 0.2) is 0 Å². The zero-order chi connectivity index (χ0) is 13.0. The molecule has 1 N–H and O–H groups in total. The van der Waals surface area contributed by atoms with Crippen LogP contribution in [0.1, 0.15) is 5.76 Å². The Morgan fingerprint density at radius 3 is 2.78 bits per heavy atom. The molecule has 0 fully saturated rings. The lowest BCUT2D eigenvalue weighted by Crippen LogP contribution is -2.30. The molecule has 0 saturated heterocycles. The summed E-state index contributed by atoms with van der Waals surface area (Å²) in [5, 5.41) is 2.82. The number of rotatable bonds is 3. The summed E-state index contributed by atoms with van der Waals surface area (Å²) in [6.45, 7) is 0.434. The molecule has 18 heavy (non-hydrogen) atoms. The predicted molar refractivity (Wildman–Crippen MR) is 73.3 cm³/mol. The van der Waals surface area contributed by atoms with Crippen LogP contribution >= 0.6 is 15.9 Å². The molecule has 94 valence electrons. The van der Waals surface area contributed by atoms with Crippen molar-refractivity contribution in [2.45, 2.75) is 6.54 Å². The van der Waals surface area contributed by atoms with Crippen molar-refractivity contribution in [3.63, 3.8) is 0 Å². The summed E-state index contributed by atoms with van der Waals surface area (Å²) in [4.78, 5) is 13.5. The molecule has 1 aromatic carbocycles. The number of nitrogens with one attached hydrogen (secondary N) is 1. The third-order valence-electron chi connectivity index (χ3n) is 2.44. The molecule has 2 aromatic rings. The van der Waals surface area contributed by atoms with E-state index in [1.807, 2.05) is 30.3 Å². The molecule has 0 unspecified atom stereocenters. The summed E-state index contributed by atoms with van der Waals surface area (Å²) in [6.07, 6.45) is 1.59. The van der Waals surface area contributed by atoms with Gasteiger partial charge in [0.1, 0.15) is 5.76 Å². The first-order chi connectivity index (χ1) is 8.66. The summed E-state index contributed by atoms with van der Waals surface area (Å²) in [5.74, 6) is 0.750. The van der Waals surface area contributed by atoms with Crippen LogP contribution in [0.15, 0.2) is 51.6 Å². The van der Waals surface area contributed by atoms with Gasteiger partial charge in [-0.2, -0.15) is 0 Å². The van der Waals surface area contributed by atoms with Crippen molar-refractivity contribution in [3.05, 3.63) is 52.9 Å². The number of para-hydroxylation sites is 1. The summed E-state index contributed by atoms with van der Waals surface area (Å²) < 4.78 is 6.05. The highest BCUT2D eigenvalue weighted by atomic mass is 79.9. The molecule has 4 nitrogen and oxygen atoms in total. The van der Waals surface area contributed by atoms with Crippen molar-refractivity contribution in [1.29, 1.82) is 0 Å². The van der Waals surface area contributed by atoms with E-state index in [-0.39, 0.29) is 6.03 Å². The van der Waals surface area contributed by atoms with Crippen LogP contribution in [0.2, 0.25) is 0 Å². The Morgan fingerprint density at radius 1 is 1.33 bits per heavy atom. The third kappa shape index (κ3) is 3.13. The average Bonchev–Trinajstić information content (AvgIpc) is 2.84. The van der Waals surface area contributed by atoms with Gasteiger partial charge in [-0.25, -0.2) is 4.79 Å². The number of nitrogens with zero attached hydrogens (tertiary/aromatic N) is 1. The first kappa shape index (κ1) is 12.7. The quantitative estimate of drug-likeness (QED) is 0.939. The van der Waals surface area contributed by atoms with Crippen molar-refractivity contribution in [1.82, 2.24) is 4.90 Å². The molecular formula is C13H13BrN2O2. The fraction of sp³-hybridized carbons (Fsp3) is 0.154. The Bertz CT molecular complexity index is 526. The number of amides is 2. The Hall–Kier alpha value is -1.75. The van der Waals surface area contributed by atoms with Crippen molar-refractivity contribution >= 4 is 27.6 Å². The highest BCUT2D eigenvalue weighted by Crippen LogP contribution is 2.21. The second-order valence-corrected chi connectivity index (χ2v) is 4.70. The number of hydrogen-bond acceptors (Lipinski definition) is 2. The molecule has 0 bridgehead atoms. The molecule has 2 amide bonds. The zero-order valence-corrected chi connectivity index (χ0v) is 11.5. The third-order valence-corrected chi connectivity index (χ3v) is 3.13. The van der Waals surface area contributed by atoms with E-state index in [2.05, 4.69) is 21.2 Å². The molecule has 1 heterocycles. The van der Waals surface area contributed by atoms with Crippen LogP contribution in [0.5, 0.6) is 0 Å². The second kappa shape index (κ2) is 5.73. The Morgan fingerprint density at radius 2 is 2.11 bits per heavy atom. The molecular weight excluding hydrogens is 296 g/mol. The van der Waals surface area contributed by atoms with Crippen LogP contribution in [0, 0.1) is 0 Å². The number of halogens is 1. The zero-order valence-electron chi connectivity index (χ0n) is 9.89. The second-order valence-electron chi connectivity index (χ2n) is 3.85. The monoisotopic (exact) mass is 308 g/mol. The molecule has 0 atom stereocenters. The maximum absolute atomic E-state index is 11.9. The maximum atomic E-state index is 11.9. The number of urea groups is 1. The van der Waals surface area contributed by atoms with Crippen LogP contribution in [0.3, 0.4) is 0 Å². The van der Waals surface area contributed by atoms with E-state index >= 15 is 0 Å². The minimum Gasteiger partial charge on any atom is -0.467 e. The highest BCUT2D eigenvalue weighted by molar-refractivity contribution is 9.10. The van der Waals surface area contributed by atoms with Gasteiger partial charge in [-0.3, -0.25) is 0 Å². The van der Waals surface area contributed by atoms with Gasteiger partial charge in [0, 0.05) is 11.5 Å². The van der Waals surface area contributed by atoms with Crippen LogP contribution in [-0.4, -0.2) is 18.0 Å². The lowest BCUT2D eigenvalue weighted by Gasteiger charge is -2.17. The smallest absolute Gasteiger partial charge is 0.322 e. The summed E-state index contributed by atoms with van der Waals surface area (Å²) in [7, 11) is 1.72. The standard InChI is InChI=1S/C13H13BrN2O2/c1-16(9-10-5-4-8-18-10)13(17)15-12-7-3-2-6-11(12)14/h2-8H,9H2,1H3,(H,15,17). The van der Waals surface area contributed by atoms with E-state index in [1.165, 1.54) is 0 Å². The van der Waals surface area contributed by atoms with Gasteiger partial charge in [0.25, 0.3) is 0 Å². The molecule has 0 spiro atoms. The van der Waals surface area contributed by atoms with E-state index in [4.69, 9.17) is 4.42 Å². The largest absolute Gasteiger partial charge is 0.467 e. The number of benzene rings is 1. The van der Waals surface area contributed by atoms with Gasteiger partial charge in [0.05, 0.1) is 18.5 Å². The van der Waals surface area contributed by atoms with Gasteiger partial charge in [-0.05, 0) is 40.2 Å². The molecule has 0 aliphatic carbocycles. The minimum absolute atomic E-state index is 0.182. The van der Waals surface area contributed by atoms with E-state index in [9.17, 15) is 4.79 Å². The number of hydrogen-bond donors (Lipinski definition) is 1. The Balaban J connectivity index is 1.98. The van der Waals surface area contributed by atoms with Gasteiger partial charge in [-0.1, -0.05) is 12.1 Å². The first-order valence-electron chi connectivity index (χ1n) is 5.46. The topological polar surface area (TPSA) is 45.5 Å².